The minimum atomic E-state index is 0.242. The van der Waals surface area contributed by atoms with Gasteiger partial charge in [-0.25, -0.2) is 0 Å². The summed E-state index contributed by atoms with van der Waals surface area (Å²) in [5, 5.41) is 0. The molecule has 1 saturated heterocycles. The molecule has 4 aliphatic rings. The summed E-state index contributed by atoms with van der Waals surface area (Å²) in [5.41, 5.74) is 0. The highest BCUT2D eigenvalue weighted by Gasteiger charge is 2.48. The summed E-state index contributed by atoms with van der Waals surface area (Å²) in [4.78, 5) is 11.7. The number of hydrogen-bond donors (Lipinski definition) is 0. The molecule has 2 fully saturated rings. The van der Waals surface area contributed by atoms with E-state index in [9.17, 15) is 4.79 Å². The number of ketones is 1. The van der Waals surface area contributed by atoms with Crippen LogP contribution in [0.5, 0.6) is 0 Å². The van der Waals surface area contributed by atoms with Crippen LogP contribution in [-0.4, -0.2) is 21.4 Å². The highest BCUT2D eigenvalue weighted by molar-refractivity contribution is 8.21. The largest absolute Gasteiger partial charge is 0.299 e. The summed E-state index contributed by atoms with van der Waals surface area (Å²) in [6.07, 6.45) is 7.49. The van der Waals surface area contributed by atoms with Gasteiger partial charge in [0, 0.05) is 29.8 Å². The average Bonchev–Trinajstić information content (AvgIpc) is 2.52. The summed E-state index contributed by atoms with van der Waals surface area (Å²) < 4.78 is 0.381. The number of fused-ring (bicyclic) bond motifs is 2. The first-order chi connectivity index (χ1) is 6.80. The van der Waals surface area contributed by atoms with Gasteiger partial charge in [-0.05, 0) is 12.8 Å². The molecule has 1 saturated carbocycles. The average molecular weight is 226 g/mol. The second-order valence-electron chi connectivity index (χ2n) is 4.32. The molecule has 3 heteroatoms. The molecule has 0 aromatic heterocycles. The van der Waals surface area contributed by atoms with Gasteiger partial charge in [-0.3, -0.25) is 4.79 Å². The number of Topliss-reactive ketones (excluding diaryl/α,β-unsaturated/α-hetero) is 1. The van der Waals surface area contributed by atoms with E-state index in [0.29, 0.717) is 15.8 Å². The molecule has 1 aliphatic heterocycles. The Morgan fingerprint density at radius 1 is 1.29 bits per heavy atom. The van der Waals surface area contributed by atoms with Gasteiger partial charge >= 0.3 is 0 Å². The molecule has 2 bridgehead atoms. The van der Waals surface area contributed by atoms with Gasteiger partial charge in [0.15, 0.2) is 0 Å². The maximum absolute atomic E-state index is 11.7. The number of rotatable bonds is 0. The van der Waals surface area contributed by atoms with E-state index >= 15 is 0 Å². The quantitative estimate of drug-likeness (QED) is 0.591. The van der Waals surface area contributed by atoms with E-state index in [2.05, 4.69) is 35.7 Å². The van der Waals surface area contributed by atoms with Crippen LogP contribution >= 0.6 is 23.5 Å². The van der Waals surface area contributed by atoms with Gasteiger partial charge < -0.3 is 0 Å². The van der Waals surface area contributed by atoms with E-state index in [0.717, 1.165) is 19.3 Å². The lowest BCUT2D eigenvalue weighted by Crippen LogP contribution is -2.32. The molecule has 2 unspecified atom stereocenters. The van der Waals surface area contributed by atoms with Crippen molar-refractivity contribution in [1.29, 1.82) is 0 Å². The molecule has 3 aliphatic carbocycles. The van der Waals surface area contributed by atoms with Crippen molar-refractivity contribution in [3.05, 3.63) is 12.2 Å². The molecule has 0 aromatic rings. The van der Waals surface area contributed by atoms with E-state index in [-0.39, 0.29) is 5.92 Å². The molecule has 0 radical (unpaired) electrons. The molecule has 76 valence electrons. The molecule has 0 N–H and O–H groups in total. The first kappa shape index (κ1) is 9.34. The van der Waals surface area contributed by atoms with Crippen molar-refractivity contribution in [1.82, 2.24) is 0 Å². The normalized spacial score (nSPS) is 39.3. The van der Waals surface area contributed by atoms with Crippen LogP contribution < -0.4 is 0 Å². The van der Waals surface area contributed by atoms with Crippen LogP contribution in [0.4, 0.5) is 0 Å². The van der Waals surface area contributed by atoms with Gasteiger partial charge in [0.05, 0.1) is 4.08 Å². The van der Waals surface area contributed by atoms with Crippen LogP contribution in [0, 0.1) is 11.8 Å². The fourth-order valence-corrected chi connectivity index (χ4v) is 6.37. The summed E-state index contributed by atoms with van der Waals surface area (Å²) in [6.45, 7) is 0. The van der Waals surface area contributed by atoms with E-state index < -0.39 is 0 Å². The van der Waals surface area contributed by atoms with Crippen LogP contribution in [0.15, 0.2) is 12.2 Å². The summed E-state index contributed by atoms with van der Waals surface area (Å²) >= 11 is 4.21. The second-order valence-corrected chi connectivity index (χ2v) is 7.43. The number of hydrogen-bond acceptors (Lipinski definition) is 3. The van der Waals surface area contributed by atoms with Crippen LogP contribution in [0.25, 0.3) is 0 Å². The Kier molecular flexibility index (Phi) is 2.21. The third kappa shape index (κ3) is 1.28. The Balaban J connectivity index is 1.96. The summed E-state index contributed by atoms with van der Waals surface area (Å²) in [6, 6.07) is 0. The molecule has 4 rings (SSSR count). The third-order valence-corrected chi connectivity index (χ3v) is 7.23. The van der Waals surface area contributed by atoms with Crippen molar-refractivity contribution in [2.45, 2.75) is 23.3 Å². The van der Waals surface area contributed by atoms with Gasteiger partial charge in [-0.2, -0.15) is 0 Å². The Morgan fingerprint density at radius 2 is 2.07 bits per heavy atom. The van der Waals surface area contributed by atoms with Gasteiger partial charge in [0.2, 0.25) is 0 Å². The zero-order valence-corrected chi connectivity index (χ0v) is 9.70. The van der Waals surface area contributed by atoms with Crippen LogP contribution in [-0.2, 0) is 4.79 Å². The van der Waals surface area contributed by atoms with Crippen LogP contribution in [0.3, 0.4) is 0 Å². The maximum Gasteiger partial charge on any atom is 0.139 e. The van der Waals surface area contributed by atoms with Crippen molar-refractivity contribution >= 4 is 29.3 Å². The first-order valence-corrected chi connectivity index (χ1v) is 7.26. The standard InChI is InChI=1S/C11H14OS2/c12-10-4-3-9-2-1-8(10)7-11(9)13-5-6-14-11/h1-2,8-9H,3-7H2. The molecule has 1 heterocycles. The topological polar surface area (TPSA) is 17.1 Å². The van der Waals surface area contributed by atoms with Crippen molar-refractivity contribution in [2.24, 2.45) is 11.8 Å². The highest BCUT2D eigenvalue weighted by atomic mass is 32.2. The van der Waals surface area contributed by atoms with Gasteiger partial charge in [0.1, 0.15) is 5.78 Å². The van der Waals surface area contributed by atoms with Gasteiger partial charge in [-0.15, -0.1) is 23.5 Å². The molecular weight excluding hydrogens is 212 g/mol. The van der Waals surface area contributed by atoms with Crippen molar-refractivity contribution in [3.8, 4) is 0 Å². The monoisotopic (exact) mass is 226 g/mol. The van der Waals surface area contributed by atoms with Gasteiger partial charge in [-0.1, -0.05) is 12.2 Å². The van der Waals surface area contributed by atoms with E-state index in [4.69, 9.17) is 0 Å². The predicted molar refractivity (Wildman–Crippen MR) is 62.6 cm³/mol. The number of carbonyl (C=O) groups excluding carboxylic acids is 1. The number of allylic oxidation sites excluding steroid dienone is 2. The van der Waals surface area contributed by atoms with Crippen molar-refractivity contribution in [2.75, 3.05) is 11.5 Å². The SMILES string of the molecule is O=C1CCC2C=CC1CC21SCCS1. The lowest BCUT2D eigenvalue weighted by Gasteiger charge is -2.36. The minimum Gasteiger partial charge on any atom is -0.299 e. The minimum absolute atomic E-state index is 0.242. The van der Waals surface area contributed by atoms with E-state index in [1.54, 1.807) is 0 Å². The van der Waals surface area contributed by atoms with Crippen LogP contribution in [0.1, 0.15) is 19.3 Å². The fraction of sp³-hybridized carbons (Fsp3) is 0.727. The van der Waals surface area contributed by atoms with E-state index in [1.807, 2.05) is 0 Å². The van der Waals surface area contributed by atoms with Gasteiger partial charge in [0.25, 0.3) is 0 Å². The maximum atomic E-state index is 11.7. The summed E-state index contributed by atoms with van der Waals surface area (Å²) in [5.74, 6) is 3.93. The van der Waals surface area contributed by atoms with E-state index in [1.165, 1.54) is 11.5 Å². The smallest absolute Gasteiger partial charge is 0.139 e. The molecule has 14 heavy (non-hydrogen) atoms. The number of carbonyl (C=O) groups is 1. The molecule has 1 nitrogen and oxygen atoms in total. The Morgan fingerprint density at radius 3 is 2.86 bits per heavy atom. The second kappa shape index (κ2) is 3.31. The highest BCUT2D eigenvalue weighted by Crippen LogP contribution is 2.57. The Bertz CT molecular complexity index is 292. The Labute approximate surface area is 93.1 Å². The zero-order chi connectivity index (χ0) is 9.60. The summed E-state index contributed by atoms with van der Waals surface area (Å²) in [7, 11) is 0. The molecule has 0 amide bonds. The lowest BCUT2D eigenvalue weighted by molar-refractivity contribution is -0.121. The third-order valence-electron chi connectivity index (χ3n) is 3.54. The lowest BCUT2D eigenvalue weighted by atomic mass is 9.89. The molecular formula is C11H14OS2. The van der Waals surface area contributed by atoms with Crippen LogP contribution in [0.2, 0.25) is 0 Å². The predicted octanol–water partition coefficient (Wildman–Crippen LogP) is 2.72. The molecule has 2 atom stereocenters. The zero-order valence-electron chi connectivity index (χ0n) is 8.07. The molecule has 1 spiro atoms. The first-order valence-electron chi connectivity index (χ1n) is 5.29. The van der Waals surface area contributed by atoms with Crippen molar-refractivity contribution < 1.29 is 4.79 Å². The number of thioether (sulfide) groups is 2. The Hall–Kier alpha value is 0.110. The molecule has 0 aromatic carbocycles. The van der Waals surface area contributed by atoms with Crippen molar-refractivity contribution in [3.63, 3.8) is 0 Å². The fourth-order valence-electron chi connectivity index (χ4n) is 2.76.